The van der Waals surface area contributed by atoms with Gasteiger partial charge in [-0.15, -0.1) is 0 Å². The maximum atomic E-state index is 11.7. The van der Waals surface area contributed by atoms with E-state index < -0.39 is 21.7 Å². The van der Waals surface area contributed by atoms with Crippen LogP contribution >= 0.6 is 0 Å². The van der Waals surface area contributed by atoms with Crippen molar-refractivity contribution in [3.63, 3.8) is 0 Å². The molecule has 90 valence electrons. The van der Waals surface area contributed by atoms with Crippen molar-refractivity contribution in [2.24, 2.45) is 11.7 Å². The largest absolute Gasteiger partial charge is 0.480 e. The smallest absolute Gasteiger partial charge is 0.320 e. The first-order valence-corrected chi connectivity index (χ1v) is 6.90. The normalized spacial score (nSPS) is 19.1. The SMILES string of the molecule is CCC(C)CS(=N)(=O)CC[C@H](N)C(=O)O. The topological polar surface area (TPSA) is 104 Å². The lowest BCUT2D eigenvalue weighted by molar-refractivity contribution is -0.138. The van der Waals surface area contributed by atoms with Gasteiger partial charge in [-0.1, -0.05) is 20.3 Å². The van der Waals surface area contributed by atoms with Crippen LogP contribution in [0.1, 0.15) is 26.7 Å². The molecule has 6 heteroatoms. The molecule has 0 aromatic carbocycles. The Bertz CT molecular complexity index is 300. The monoisotopic (exact) mass is 236 g/mol. The van der Waals surface area contributed by atoms with E-state index in [9.17, 15) is 9.00 Å². The Morgan fingerprint density at radius 3 is 2.53 bits per heavy atom. The first-order chi connectivity index (χ1) is 6.78. The van der Waals surface area contributed by atoms with Crippen LogP contribution in [-0.2, 0) is 14.5 Å². The van der Waals surface area contributed by atoms with Crippen molar-refractivity contribution in [1.29, 1.82) is 4.78 Å². The van der Waals surface area contributed by atoms with Crippen LogP contribution in [0.15, 0.2) is 0 Å². The van der Waals surface area contributed by atoms with Crippen molar-refractivity contribution < 1.29 is 14.1 Å². The fourth-order valence-corrected chi connectivity index (χ4v) is 3.06. The summed E-state index contributed by atoms with van der Waals surface area (Å²) in [6, 6.07) is -1.01. The lowest BCUT2D eigenvalue weighted by atomic mass is 10.2. The average molecular weight is 236 g/mol. The Labute approximate surface area is 91.0 Å². The van der Waals surface area contributed by atoms with Gasteiger partial charge < -0.3 is 10.8 Å². The van der Waals surface area contributed by atoms with E-state index in [4.69, 9.17) is 15.6 Å². The summed E-state index contributed by atoms with van der Waals surface area (Å²) < 4.78 is 19.3. The molecule has 0 aliphatic rings. The van der Waals surface area contributed by atoms with Gasteiger partial charge in [0.2, 0.25) is 0 Å². The molecule has 0 heterocycles. The molecule has 0 saturated carbocycles. The van der Waals surface area contributed by atoms with E-state index in [1.165, 1.54) is 0 Å². The number of nitrogens with one attached hydrogen (secondary N) is 1. The molecule has 15 heavy (non-hydrogen) atoms. The number of rotatable bonds is 7. The third-order valence-electron chi connectivity index (χ3n) is 2.33. The number of carbonyl (C=O) groups is 1. The van der Waals surface area contributed by atoms with Gasteiger partial charge in [0.05, 0.1) is 0 Å². The molecule has 3 atom stereocenters. The van der Waals surface area contributed by atoms with Crippen LogP contribution < -0.4 is 5.73 Å². The molecule has 0 spiro atoms. The zero-order valence-corrected chi connectivity index (χ0v) is 10.0. The van der Waals surface area contributed by atoms with Crippen molar-refractivity contribution in [1.82, 2.24) is 0 Å². The van der Waals surface area contributed by atoms with Crippen molar-refractivity contribution in [3.05, 3.63) is 0 Å². The Kier molecular flexibility index (Phi) is 5.82. The molecule has 4 N–H and O–H groups in total. The summed E-state index contributed by atoms with van der Waals surface area (Å²) >= 11 is 0. The van der Waals surface area contributed by atoms with Crippen LogP contribution in [0.4, 0.5) is 0 Å². The number of aliphatic carboxylic acids is 1. The number of nitrogens with two attached hydrogens (primary N) is 1. The van der Waals surface area contributed by atoms with Crippen molar-refractivity contribution in [2.75, 3.05) is 11.5 Å². The maximum Gasteiger partial charge on any atom is 0.320 e. The van der Waals surface area contributed by atoms with Gasteiger partial charge >= 0.3 is 5.97 Å². The molecular formula is C9H20N2O3S. The van der Waals surface area contributed by atoms with E-state index >= 15 is 0 Å². The molecule has 0 aliphatic heterocycles. The van der Waals surface area contributed by atoms with Gasteiger partial charge in [-0.3, -0.25) is 9.57 Å². The number of carboxylic acids is 1. The van der Waals surface area contributed by atoms with Gasteiger partial charge in [-0.2, -0.15) is 0 Å². The van der Waals surface area contributed by atoms with Crippen LogP contribution in [0.3, 0.4) is 0 Å². The summed E-state index contributed by atoms with van der Waals surface area (Å²) in [6.07, 6.45) is 0.981. The summed E-state index contributed by atoms with van der Waals surface area (Å²) in [5.74, 6) is -0.467. The van der Waals surface area contributed by atoms with E-state index in [0.717, 1.165) is 6.42 Å². The minimum atomic E-state index is -2.66. The van der Waals surface area contributed by atoms with E-state index in [1.807, 2.05) is 13.8 Å². The minimum absolute atomic E-state index is 0.0742. The van der Waals surface area contributed by atoms with E-state index in [0.29, 0.717) is 5.75 Å². The second-order valence-corrected chi connectivity index (χ2v) is 6.29. The highest BCUT2D eigenvalue weighted by molar-refractivity contribution is 7.92. The molecule has 0 saturated heterocycles. The van der Waals surface area contributed by atoms with Crippen LogP contribution in [0, 0.1) is 10.7 Å². The molecule has 0 rings (SSSR count). The van der Waals surface area contributed by atoms with Crippen molar-refractivity contribution >= 4 is 15.7 Å². The summed E-state index contributed by atoms with van der Waals surface area (Å²) in [4.78, 5) is 10.4. The zero-order chi connectivity index (χ0) is 12.1. The van der Waals surface area contributed by atoms with Gasteiger partial charge in [0.1, 0.15) is 6.04 Å². The minimum Gasteiger partial charge on any atom is -0.480 e. The van der Waals surface area contributed by atoms with Crippen LogP contribution in [0.5, 0.6) is 0 Å². The van der Waals surface area contributed by atoms with E-state index in [1.54, 1.807) is 0 Å². The molecule has 0 aliphatic carbocycles. The first kappa shape index (κ1) is 14.4. The van der Waals surface area contributed by atoms with Gasteiger partial charge in [-0.05, 0) is 12.3 Å². The summed E-state index contributed by atoms with van der Waals surface area (Å²) in [5, 5.41) is 8.53. The third kappa shape index (κ3) is 6.46. The summed E-state index contributed by atoms with van der Waals surface area (Å²) in [6.45, 7) is 3.91. The highest BCUT2D eigenvalue weighted by Crippen LogP contribution is 2.08. The van der Waals surface area contributed by atoms with Gasteiger partial charge in [0.25, 0.3) is 0 Å². The predicted octanol–water partition coefficient (Wildman–Crippen LogP) is 0.881. The average Bonchev–Trinajstić information content (AvgIpc) is 2.13. The van der Waals surface area contributed by atoms with E-state index in [2.05, 4.69) is 0 Å². The summed E-state index contributed by atoms with van der Waals surface area (Å²) in [5.41, 5.74) is 5.28. The van der Waals surface area contributed by atoms with Crippen LogP contribution in [0.2, 0.25) is 0 Å². The van der Waals surface area contributed by atoms with E-state index in [-0.39, 0.29) is 18.1 Å². The van der Waals surface area contributed by atoms with Gasteiger partial charge in [-0.25, -0.2) is 4.21 Å². The second-order valence-electron chi connectivity index (χ2n) is 3.93. The molecule has 0 aromatic rings. The Balaban J connectivity index is 4.11. The highest BCUT2D eigenvalue weighted by Gasteiger charge is 2.16. The molecule has 0 fully saturated rings. The van der Waals surface area contributed by atoms with Crippen LogP contribution in [-0.4, -0.2) is 32.8 Å². The molecule has 0 radical (unpaired) electrons. The second kappa shape index (κ2) is 6.07. The van der Waals surface area contributed by atoms with Crippen molar-refractivity contribution in [3.8, 4) is 0 Å². The lowest BCUT2D eigenvalue weighted by Gasteiger charge is -2.13. The zero-order valence-electron chi connectivity index (χ0n) is 9.23. The number of carboxylic acid groups (broad SMARTS) is 1. The first-order valence-electron chi connectivity index (χ1n) is 5.01. The fraction of sp³-hybridized carbons (Fsp3) is 0.889. The lowest BCUT2D eigenvalue weighted by Crippen LogP contribution is -2.32. The molecule has 5 nitrogen and oxygen atoms in total. The molecule has 0 bridgehead atoms. The van der Waals surface area contributed by atoms with Crippen LogP contribution in [0.25, 0.3) is 0 Å². The standard InChI is InChI=1S/C9H20N2O3S/c1-3-7(2)6-15(11,14)5-4-8(10)9(12)13/h7-8,11H,3-6,10H2,1-2H3,(H,12,13)/t7?,8-,15?/m0/s1. The van der Waals surface area contributed by atoms with Gasteiger partial charge in [0, 0.05) is 21.2 Å². The number of hydrogen-bond donors (Lipinski definition) is 3. The van der Waals surface area contributed by atoms with Crippen molar-refractivity contribution in [2.45, 2.75) is 32.7 Å². The number of hydrogen-bond acceptors (Lipinski definition) is 4. The molecule has 0 aromatic heterocycles. The Morgan fingerprint density at radius 1 is 1.60 bits per heavy atom. The quantitative estimate of drug-likeness (QED) is 0.610. The van der Waals surface area contributed by atoms with Gasteiger partial charge in [0.15, 0.2) is 0 Å². The highest BCUT2D eigenvalue weighted by atomic mass is 32.2. The Morgan fingerprint density at radius 2 is 2.13 bits per heavy atom. The maximum absolute atomic E-state index is 11.7. The fourth-order valence-electron chi connectivity index (χ4n) is 1.10. The predicted molar refractivity (Wildman–Crippen MR) is 60.3 cm³/mol. The summed E-state index contributed by atoms with van der Waals surface area (Å²) in [7, 11) is -2.66. The third-order valence-corrected chi connectivity index (χ3v) is 4.33. The Hall–Kier alpha value is -0.620. The molecule has 0 amide bonds. The molecule has 2 unspecified atom stereocenters. The molecular weight excluding hydrogens is 216 g/mol.